The van der Waals surface area contributed by atoms with Crippen LogP contribution in [-0.2, 0) is 22.4 Å². The van der Waals surface area contributed by atoms with Gasteiger partial charge in [-0.25, -0.2) is 8.61 Å². The van der Waals surface area contributed by atoms with Crippen LogP contribution in [0.15, 0.2) is 48.5 Å². The van der Waals surface area contributed by atoms with Crippen LogP contribution in [0, 0.1) is 0 Å². The molecule has 0 N–H and O–H groups in total. The molecule has 0 unspecified atom stereocenters. The van der Waals surface area contributed by atoms with E-state index in [4.69, 9.17) is 0 Å². The number of benzene rings is 2. The first-order valence-corrected chi connectivity index (χ1v) is 9.79. The van der Waals surface area contributed by atoms with Gasteiger partial charge in [-0.3, -0.25) is 9.59 Å². The molecule has 2 rings (SSSR count). The minimum Gasteiger partial charge on any atom is -0.277 e. The summed E-state index contributed by atoms with van der Waals surface area (Å²) in [5, 5.41) is 0. The second-order valence-corrected chi connectivity index (χ2v) is 7.03. The van der Waals surface area contributed by atoms with Crippen molar-refractivity contribution in [1.29, 1.82) is 0 Å². The van der Waals surface area contributed by atoms with E-state index in [1.165, 1.54) is 41.7 Å². The van der Waals surface area contributed by atoms with Crippen LogP contribution in [0.4, 0.5) is 11.4 Å². The van der Waals surface area contributed by atoms with Gasteiger partial charge in [0.2, 0.25) is 12.8 Å². The van der Waals surface area contributed by atoms with Crippen molar-refractivity contribution < 1.29 is 9.59 Å². The molecule has 4 nitrogen and oxygen atoms in total. The van der Waals surface area contributed by atoms with Crippen LogP contribution >= 0.6 is 22.0 Å². The van der Waals surface area contributed by atoms with Crippen molar-refractivity contribution in [3.05, 3.63) is 59.7 Å². The Morgan fingerprint density at radius 2 is 1.04 bits per heavy atom. The highest BCUT2D eigenvalue weighted by molar-refractivity contribution is 8.77. The number of aryl methyl sites for hydroxylation is 2. The highest BCUT2D eigenvalue weighted by Gasteiger charge is 2.12. The van der Waals surface area contributed by atoms with Crippen molar-refractivity contribution in [2.75, 3.05) is 8.61 Å². The topological polar surface area (TPSA) is 40.6 Å². The quantitative estimate of drug-likeness (QED) is 0.371. The van der Waals surface area contributed by atoms with Crippen LogP contribution < -0.4 is 8.61 Å². The molecule has 0 bridgehead atoms. The molecular weight excluding hydrogens is 340 g/mol. The monoisotopic (exact) mass is 360 g/mol. The second-order valence-electron chi connectivity index (χ2n) is 5.05. The molecular formula is C18H20N2O2S2. The summed E-state index contributed by atoms with van der Waals surface area (Å²) >= 11 is 0. The van der Waals surface area contributed by atoms with E-state index in [1.807, 2.05) is 48.5 Å². The van der Waals surface area contributed by atoms with Crippen LogP contribution in [-0.4, -0.2) is 12.8 Å². The van der Waals surface area contributed by atoms with Gasteiger partial charge in [0.1, 0.15) is 0 Å². The summed E-state index contributed by atoms with van der Waals surface area (Å²) in [5.74, 6) is 0. The van der Waals surface area contributed by atoms with E-state index in [0.29, 0.717) is 0 Å². The molecule has 0 aromatic heterocycles. The molecule has 0 atom stereocenters. The molecule has 0 heterocycles. The van der Waals surface area contributed by atoms with E-state index in [9.17, 15) is 9.59 Å². The maximum atomic E-state index is 11.4. The number of carbonyl (C=O) groups excluding carboxylic acids is 2. The molecule has 2 amide bonds. The lowest BCUT2D eigenvalue weighted by Gasteiger charge is -2.20. The highest BCUT2D eigenvalue weighted by Crippen LogP contribution is 2.35. The lowest BCUT2D eigenvalue weighted by atomic mass is 10.1. The van der Waals surface area contributed by atoms with E-state index < -0.39 is 0 Å². The predicted octanol–water partition coefficient (Wildman–Crippen LogP) is 4.65. The van der Waals surface area contributed by atoms with Gasteiger partial charge in [-0.1, -0.05) is 38.1 Å². The number of rotatable bonds is 9. The van der Waals surface area contributed by atoms with E-state index in [0.717, 1.165) is 37.0 Å². The molecule has 0 spiro atoms. The molecule has 6 heteroatoms. The third-order valence-corrected chi connectivity index (χ3v) is 5.73. The average molecular weight is 361 g/mol. The van der Waals surface area contributed by atoms with Gasteiger partial charge < -0.3 is 0 Å². The molecule has 0 aliphatic heterocycles. The first-order valence-electron chi connectivity index (χ1n) is 7.73. The Morgan fingerprint density at radius 1 is 0.708 bits per heavy atom. The fourth-order valence-corrected chi connectivity index (χ4v) is 3.86. The maximum Gasteiger partial charge on any atom is 0.224 e. The van der Waals surface area contributed by atoms with Crippen molar-refractivity contribution in [3.8, 4) is 0 Å². The summed E-state index contributed by atoms with van der Waals surface area (Å²) in [6, 6.07) is 15.6. The number of carbonyl (C=O) groups is 2. The summed E-state index contributed by atoms with van der Waals surface area (Å²) in [4.78, 5) is 22.7. The highest BCUT2D eigenvalue weighted by atomic mass is 33.1. The Balaban J connectivity index is 2.03. The Labute approximate surface area is 150 Å². The van der Waals surface area contributed by atoms with Crippen molar-refractivity contribution in [1.82, 2.24) is 0 Å². The van der Waals surface area contributed by atoms with Gasteiger partial charge in [0.15, 0.2) is 0 Å². The van der Waals surface area contributed by atoms with Gasteiger partial charge >= 0.3 is 0 Å². The summed E-state index contributed by atoms with van der Waals surface area (Å²) in [6.45, 7) is 4.17. The average Bonchev–Trinajstić information content (AvgIpc) is 2.66. The fourth-order valence-electron chi connectivity index (χ4n) is 2.07. The minimum atomic E-state index is 0.752. The lowest BCUT2D eigenvalue weighted by Crippen LogP contribution is -2.15. The Hall–Kier alpha value is -1.92. The van der Waals surface area contributed by atoms with Gasteiger partial charge in [0.05, 0.1) is 33.3 Å². The number of hydrogen-bond donors (Lipinski definition) is 0. The molecule has 0 radical (unpaired) electrons. The smallest absolute Gasteiger partial charge is 0.224 e. The number of anilines is 2. The molecule has 0 fully saturated rings. The minimum absolute atomic E-state index is 0.752. The molecule has 0 saturated heterocycles. The van der Waals surface area contributed by atoms with Gasteiger partial charge in [0.25, 0.3) is 0 Å². The van der Waals surface area contributed by atoms with Crippen LogP contribution in [0.25, 0.3) is 0 Å². The van der Waals surface area contributed by atoms with Crippen LogP contribution in [0.2, 0.25) is 0 Å². The summed E-state index contributed by atoms with van der Waals surface area (Å²) in [6.07, 6.45) is 3.41. The van der Waals surface area contributed by atoms with Crippen molar-refractivity contribution in [2.24, 2.45) is 0 Å². The van der Waals surface area contributed by atoms with Crippen molar-refractivity contribution in [3.63, 3.8) is 0 Å². The van der Waals surface area contributed by atoms with Crippen molar-refractivity contribution in [2.45, 2.75) is 26.7 Å². The molecule has 0 aliphatic carbocycles. The van der Waals surface area contributed by atoms with Crippen LogP contribution in [0.3, 0.4) is 0 Å². The molecule has 126 valence electrons. The standard InChI is InChI=1S/C18H20N2O2S2/c1-3-15-5-9-17(10-6-15)19(13-21)23-24-20(14-22)18-11-7-16(4-2)8-12-18/h5-14H,3-4H2,1-2H3. The fraction of sp³-hybridized carbons (Fsp3) is 0.222. The second kappa shape index (κ2) is 9.39. The van der Waals surface area contributed by atoms with E-state index >= 15 is 0 Å². The number of hydrogen-bond acceptors (Lipinski definition) is 4. The molecule has 0 aliphatic rings. The molecule has 2 aromatic rings. The normalized spacial score (nSPS) is 10.2. The van der Waals surface area contributed by atoms with Crippen molar-refractivity contribution >= 4 is 46.2 Å². The molecule has 2 aromatic carbocycles. The Bertz CT molecular complexity index is 600. The summed E-state index contributed by atoms with van der Waals surface area (Å²) in [7, 11) is 2.40. The summed E-state index contributed by atoms with van der Waals surface area (Å²) < 4.78 is 3.00. The largest absolute Gasteiger partial charge is 0.277 e. The summed E-state index contributed by atoms with van der Waals surface area (Å²) in [5.41, 5.74) is 4.00. The van der Waals surface area contributed by atoms with E-state index in [1.54, 1.807) is 0 Å². The first-order chi connectivity index (χ1) is 11.7. The first kappa shape index (κ1) is 18.4. The number of nitrogens with zero attached hydrogens (tertiary/aromatic N) is 2. The van der Waals surface area contributed by atoms with Gasteiger partial charge in [0, 0.05) is 0 Å². The van der Waals surface area contributed by atoms with E-state index in [2.05, 4.69) is 13.8 Å². The zero-order chi connectivity index (χ0) is 17.4. The third-order valence-electron chi connectivity index (χ3n) is 3.58. The van der Waals surface area contributed by atoms with Crippen LogP contribution in [0.5, 0.6) is 0 Å². The van der Waals surface area contributed by atoms with Gasteiger partial charge in [-0.05, 0) is 48.2 Å². The Morgan fingerprint density at radius 3 is 1.29 bits per heavy atom. The SMILES string of the molecule is CCc1ccc(N(C=O)SSN(C=O)c2ccc(CC)cc2)cc1. The maximum absolute atomic E-state index is 11.4. The number of amides is 2. The zero-order valence-electron chi connectivity index (χ0n) is 13.7. The third kappa shape index (κ3) is 4.79. The molecule has 24 heavy (non-hydrogen) atoms. The van der Waals surface area contributed by atoms with Gasteiger partial charge in [-0.15, -0.1) is 0 Å². The van der Waals surface area contributed by atoms with E-state index in [-0.39, 0.29) is 0 Å². The van der Waals surface area contributed by atoms with Gasteiger partial charge in [-0.2, -0.15) is 0 Å². The molecule has 0 saturated carbocycles. The zero-order valence-corrected chi connectivity index (χ0v) is 15.3. The predicted molar refractivity (Wildman–Crippen MR) is 104 cm³/mol. The lowest BCUT2D eigenvalue weighted by molar-refractivity contribution is -0.107. The Kier molecular flexibility index (Phi) is 7.21. The van der Waals surface area contributed by atoms with Crippen LogP contribution in [0.1, 0.15) is 25.0 Å².